The Balaban J connectivity index is 1.17. The molecule has 2 aromatic carbocycles. The summed E-state index contributed by atoms with van der Waals surface area (Å²) in [4.78, 5) is 33.4. The zero-order valence-corrected chi connectivity index (χ0v) is 21.1. The van der Waals surface area contributed by atoms with E-state index in [1.54, 1.807) is 25.2 Å². The standard InChI is InChI=1S/C27H31N5O5/c1-35-22-12-7-18(15-23(22)36-2)26-29-24(37-30-26)17-31-13-3-5-19(16-31)27(34)28-20-8-10-21(11-9-20)32-14-4-6-25(32)33/h7-12,15,19H,3-6,13-14,16-17H2,1-2H3,(H,28,34). The van der Waals surface area contributed by atoms with Gasteiger partial charge in [0.1, 0.15) is 0 Å². The Morgan fingerprint density at radius 1 is 1.08 bits per heavy atom. The predicted molar refractivity (Wildman–Crippen MR) is 137 cm³/mol. The summed E-state index contributed by atoms with van der Waals surface area (Å²) in [6.07, 6.45) is 3.21. The highest BCUT2D eigenvalue weighted by Gasteiger charge is 2.27. The molecule has 10 heteroatoms. The fourth-order valence-corrected chi connectivity index (χ4v) is 4.91. The van der Waals surface area contributed by atoms with Crippen LogP contribution in [0.2, 0.25) is 0 Å². The molecule has 1 N–H and O–H groups in total. The van der Waals surface area contributed by atoms with Crippen LogP contribution >= 0.6 is 0 Å². The number of piperidine rings is 1. The van der Waals surface area contributed by atoms with E-state index in [0.717, 1.165) is 49.3 Å². The van der Waals surface area contributed by atoms with E-state index < -0.39 is 0 Å². The van der Waals surface area contributed by atoms with Gasteiger partial charge in [0.2, 0.25) is 23.5 Å². The Labute approximate surface area is 215 Å². The van der Waals surface area contributed by atoms with E-state index in [1.807, 2.05) is 36.4 Å². The first-order valence-corrected chi connectivity index (χ1v) is 12.5. The molecule has 0 aliphatic carbocycles. The quantitative estimate of drug-likeness (QED) is 0.493. The van der Waals surface area contributed by atoms with Gasteiger partial charge in [0.25, 0.3) is 0 Å². The number of carbonyl (C=O) groups excluding carboxylic acids is 2. The highest BCUT2D eigenvalue weighted by molar-refractivity contribution is 5.96. The third-order valence-electron chi connectivity index (χ3n) is 6.86. The molecule has 10 nitrogen and oxygen atoms in total. The number of carbonyl (C=O) groups is 2. The van der Waals surface area contributed by atoms with Crippen LogP contribution in [0.4, 0.5) is 11.4 Å². The number of methoxy groups -OCH3 is 2. The summed E-state index contributed by atoms with van der Waals surface area (Å²) >= 11 is 0. The second-order valence-electron chi connectivity index (χ2n) is 9.34. The summed E-state index contributed by atoms with van der Waals surface area (Å²) < 4.78 is 16.2. The molecule has 2 saturated heterocycles. The van der Waals surface area contributed by atoms with Crippen LogP contribution in [0.5, 0.6) is 11.5 Å². The van der Waals surface area contributed by atoms with Crippen molar-refractivity contribution in [2.24, 2.45) is 5.92 Å². The molecule has 1 unspecified atom stereocenters. The van der Waals surface area contributed by atoms with Crippen molar-refractivity contribution >= 4 is 23.2 Å². The van der Waals surface area contributed by atoms with Crippen molar-refractivity contribution in [3.8, 4) is 22.9 Å². The first-order valence-electron chi connectivity index (χ1n) is 12.5. The van der Waals surface area contributed by atoms with Crippen LogP contribution in [0.1, 0.15) is 31.6 Å². The van der Waals surface area contributed by atoms with Gasteiger partial charge in [-0.1, -0.05) is 5.16 Å². The minimum atomic E-state index is -0.137. The summed E-state index contributed by atoms with van der Waals surface area (Å²) in [5.74, 6) is 2.20. The number of hydrogen-bond donors (Lipinski definition) is 1. The predicted octanol–water partition coefficient (Wildman–Crippen LogP) is 3.73. The van der Waals surface area contributed by atoms with Gasteiger partial charge < -0.3 is 24.2 Å². The first-order chi connectivity index (χ1) is 18.0. The van der Waals surface area contributed by atoms with Crippen molar-refractivity contribution in [2.45, 2.75) is 32.2 Å². The molecule has 5 rings (SSSR count). The molecule has 0 spiro atoms. The average Bonchev–Trinajstić information content (AvgIpc) is 3.58. The van der Waals surface area contributed by atoms with E-state index in [2.05, 4.69) is 20.4 Å². The summed E-state index contributed by atoms with van der Waals surface area (Å²) in [5, 5.41) is 7.15. The molecule has 2 aliphatic heterocycles. The number of benzene rings is 2. The molecule has 1 atom stereocenters. The maximum Gasteiger partial charge on any atom is 0.241 e. The van der Waals surface area contributed by atoms with E-state index in [4.69, 9.17) is 14.0 Å². The summed E-state index contributed by atoms with van der Waals surface area (Å²) in [6.45, 7) is 2.69. The largest absolute Gasteiger partial charge is 0.493 e. The first kappa shape index (κ1) is 24.8. The fourth-order valence-electron chi connectivity index (χ4n) is 4.91. The molecule has 2 amide bonds. The lowest BCUT2D eigenvalue weighted by molar-refractivity contribution is -0.121. The molecule has 194 valence electrons. The van der Waals surface area contributed by atoms with Crippen LogP contribution in [0.3, 0.4) is 0 Å². The van der Waals surface area contributed by atoms with E-state index in [-0.39, 0.29) is 17.7 Å². The Morgan fingerprint density at radius 3 is 2.62 bits per heavy atom. The molecule has 37 heavy (non-hydrogen) atoms. The van der Waals surface area contributed by atoms with Gasteiger partial charge in [0, 0.05) is 36.4 Å². The zero-order valence-electron chi connectivity index (χ0n) is 21.1. The Hall–Kier alpha value is -3.92. The number of nitrogens with zero attached hydrogens (tertiary/aromatic N) is 4. The minimum absolute atomic E-state index is 0.00811. The van der Waals surface area contributed by atoms with Gasteiger partial charge in [-0.25, -0.2) is 0 Å². The molecular formula is C27H31N5O5. The van der Waals surface area contributed by atoms with Crippen molar-refractivity contribution in [3.05, 3.63) is 48.4 Å². The Bertz CT molecular complexity index is 1260. The fraction of sp³-hybridized carbons (Fsp3) is 0.407. The SMILES string of the molecule is COc1ccc(-c2noc(CN3CCCC(C(=O)Nc4ccc(N5CCCC5=O)cc4)C3)n2)cc1OC. The van der Waals surface area contributed by atoms with Crippen LogP contribution in [-0.4, -0.2) is 60.7 Å². The van der Waals surface area contributed by atoms with Gasteiger partial charge in [-0.2, -0.15) is 4.98 Å². The second kappa shape index (κ2) is 11.0. The normalized spacial score (nSPS) is 18.2. The van der Waals surface area contributed by atoms with E-state index >= 15 is 0 Å². The Morgan fingerprint density at radius 2 is 1.89 bits per heavy atom. The number of anilines is 2. The molecule has 1 aromatic heterocycles. The molecule has 2 aliphatic rings. The van der Waals surface area contributed by atoms with Crippen LogP contribution in [0.15, 0.2) is 47.0 Å². The lowest BCUT2D eigenvalue weighted by Crippen LogP contribution is -2.40. The lowest BCUT2D eigenvalue weighted by atomic mass is 9.97. The van der Waals surface area contributed by atoms with Gasteiger partial charge in [-0.15, -0.1) is 0 Å². The van der Waals surface area contributed by atoms with E-state index in [1.165, 1.54) is 0 Å². The topological polar surface area (TPSA) is 110 Å². The summed E-state index contributed by atoms with van der Waals surface area (Å²) in [7, 11) is 3.17. The highest BCUT2D eigenvalue weighted by atomic mass is 16.5. The third-order valence-corrected chi connectivity index (χ3v) is 6.86. The molecule has 3 aromatic rings. The van der Waals surface area contributed by atoms with Crippen molar-refractivity contribution < 1.29 is 23.6 Å². The highest BCUT2D eigenvalue weighted by Crippen LogP contribution is 2.31. The summed E-state index contributed by atoms with van der Waals surface area (Å²) in [6, 6.07) is 12.9. The Kier molecular flexibility index (Phi) is 7.36. The van der Waals surface area contributed by atoms with E-state index in [0.29, 0.717) is 42.7 Å². The van der Waals surface area contributed by atoms with Crippen molar-refractivity contribution in [1.29, 1.82) is 0 Å². The number of ether oxygens (including phenoxy) is 2. The van der Waals surface area contributed by atoms with Crippen LogP contribution in [-0.2, 0) is 16.1 Å². The molecule has 2 fully saturated rings. The van der Waals surface area contributed by atoms with Crippen LogP contribution in [0, 0.1) is 5.92 Å². The van der Waals surface area contributed by atoms with Crippen molar-refractivity contribution in [1.82, 2.24) is 15.0 Å². The van der Waals surface area contributed by atoms with Crippen LogP contribution in [0.25, 0.3) is 11.4 Å². The zero-order chi connectivity index (χ0) is 25.8. The van der Waals surface area contributed by atoms with E-state index in [9.17, 15) is 9.59 Å². The smallest absolute Gasteiger partial charge is 0.241 e. The second-order valence-corrected chi connectivity index (χ2v) is 9.34. The van der Waals surface area contributed by atoms with Crippen molar-refractivity contribution in [3.63, 3.8) is 0 Å². The minimum Gasteiger partial charge on any atom is -0.493 e. The molecule has 0 radical (unpaired) electrons. The van der Waals surface area contributed by atoms with Gasteiger partial charge in [-0.05, 0) is 68.3 Å². The van der Waals surface area contributed by atoms with Gasteiger partial charge in [0.05, 0.1) is 26.7 Å². The number of nitrogens with one attached hydrogen (secondary N) is 1. The number of amides is 2. The molecular weight excluding hydrogens is 474 g/mol. The maximum absolute atomic E-state index is 13.0. The van der Waals surface area contributed by atoms with Crippen LogP contribution < -0.4 is 19.7 Å². The number of hydrogen-bond acceptors (Lipinski definition) is 8. The van der Waals surface area contributed by atoms with Gasteiger partial charge >= 0.3 is 0 Å². The average molecular weight is 506 g/mol. The monoisotopic (exact) mass is 505 g/mol. The molecule has 0 saturated carbocycles. The molecule has 0 bridgehead atoms. The lowest BCUT2D eigenvalue weighted by Gasteiger charge is -2.30. The number of aromatic nitrogens is 2. The summed E-state index contributed by atoms with van der Waals surface area (Å²) in [5.41, 5.74) is 2.37. The number of rotatable bonds is 8. The molecule has 3 heterocycles. The van der Waals surface area contributed by atoms with Gasteiger partial charge in [-0.3, -0.25) is 14.5 Å². The van der Waals surface area contributed by atoms with Gasteiger partial charge in [0.15, 0.2) is 11.5 Å². The number of likely N-dealkylation sites (tertiary alicyclic amines) is 1. The maximum atomic E-state index is 13.0. The third kappa shape index (κ3) is 5.59. The van der Waals surface area contributed by atoms with Crippen molar-refractivity contribution in [2.75, 3.05) is 44.1 Å².